The highest BCUT2D eigenvalue weighted by Gasteiger charge is 2.46. The molecule has 1 N–H and O–H groups in total. The van der Waals surface area contributed by atoms with Gasteiger partial charge in [-0.1, -0.05) is 29.8 Å². The maximum Gasteiger partial charge on any atom is 0.228 e. The van der Waals surface area contributed by atoms with Crippen molar-refractivity contribution in [2.75, 3.05) is 12.4 Å². The van der Waals surface area contributed by atoms with Gasteiger partial charge in [0.1, 0.15) is 5.75 Å². The van der Waals surface area contributed by atoms with Crippen LogP contribution >= 0.6 is 22.9 Å². The molecule has 3 aromatic carbocycles. The van der Waals surface area contributed by atoms with Gasteiger partial charge in [0.05, 0.1) is 39.2 Å². The Kier molecular flexibility index (Phi) is 5.51. The lowest BCUT2D eigenvalue weighted by Crippen LogP contribution is -2.14. The predicted molar refractivity (Wildman–Crippen MR) is 140 cm³/mol. The van der Waals surface area contributed by atoms with Crippen molar-refractivity contribution < 1.29 is 9.53 Å². The molecule has 1 aliphatic rings. The Morgan fingerprint density at radius 3 is 2.80 bits per heavy atom. The van der Waals surface area contributed by atoms with Gasteiger partial charge in [-0.05, 0) is 55.0 Å². The molecule has 6 nitrogen and oxygen atoms in total. The van der Waals surface area contributed by atoms with Crippen LogP contribution in [0.25, 0.3) is 27.2 Å². The topological polar surface area (TPSA) is 69.0 Å². The molecule has 1 saturated carbocycles. The number of carbonyl (C=O) groups excluding carboxylic acids is 1. The number of ether oxygens (including phenoxy) is 1. The summed E-state index contributed by atoms with van der Waals surface area (Å²) >= 11 is 7.99. The van der Waals surface area contributed by atoms with Crippen LogP contribution in [0.3, 0.4) is 0 Å². The zero-order valence-corrected chi connectivity index (χ0v) is 20.4. The summed E-state index contributed by atoms with van der Waals surface area (Å²) in [5.74, 6) is 0.592. The van der Waals surface area contributed by atoms with Crippen LogP contribution in [0, 0.1) is 5.92 Å². The standard InChI is InChI=1S/C27H21ClN4O2S/c1-34-24-10-7-16(11-22(24)28)26-21(14-32(31-26)18-5-3-2-4-6-18)19-13-20(19)27(33)30-17-8-9-23-25(12-17)35-15-29-23/h2-12,14-15,19-20H,13H2,1H3,(H,30,33). The number of anilines is 1. The highest BCUT2D eigenvalue weighted by Crippen LogP contribution is 2.51. The van der Waals surface area contributed by atoms with Crippen molar-refractivity contribution in [3.05, 3.63) is 89.0 Å². The van der Waals surface area contributed by atoms with Crippen LogP contribution in [0.5, 0.6) is 5.75 Å². The molecule has 2 atom stereocenters. The summed E-state index contributed by atoms with van der Waals surface area (Å²) in [6.45, 7) is 0. The monoisotopic (exact) mass is 500 g/mol. The van der Waals surface area contributed by atoms with Gasteiger partial charge < -0.3 is 10.1 Å². The summed E-state index contributed by atoms with van der Waals surface area (Å²) < 4.78 is 8.24. The van der Waals surface area contributed by atoms with Gasteiger partial charge in [-0.25, -0.2) is 9.67 Å². The number of hydrogen-bond acceptors (Lipinski definition) is 5. The minimum atomic E-state index is -0.118. The van der Waals surface area contributed by atoms with Crippen molar-refractivity contribution >= 4 is 44.7 Å². The molecule has 2 heterocycles. The quantitative estimate of drug-likeness (QED) is 0.287. The maximum absolute atomic E-state index is 13.1. The molecular formula is C27H21ClN4O2S. The summed E-state index contributed by atoms with van der Waals surface area (Å²) in [5.41, 5.74) is 7.25. The van der Waals surface area contributed by atoms with E-state index >= 15 is 0 Å². The molecule has 1 amide bonds. The molecule has 0 bridgehead atoms. The van der Waals surface area contributed by atoms with Gasteiger partial charge in [-0.3, -0.25) is 4.79 Å². The van der Waals surface area contributed by atoms with Crippen molar-refractivity contribution in [3.63, 3.8) is 0 Å². The van der Waals surface area contributed by atoms with Crippen molar-refractivity contribution in [1.82, 2.24) is 14.8 Å². The van der Waals surface area contributed by atoms with E-state index in [9.17, 15) is 4.79 Å². The van der Waals surface area contributed by atoms with E-state index in [-0.39, 0.29) is 17.7 Å². The van der Waals surface area contributed by atoms with E-state index in [4.69, 9.17) is 21.4 Å². The number of methoxy groups -OCH3 is 1. The number of hydrogen-bond donors (Lipinski definition) is 1. The smallest absolute Gasteiger partial charge is 0.228 e. The van der Waals surface area contributed by atoms with E-state index in [0.29, 0.717) is 10.8 Å². The third-order valence-corrected chi connectivity index (χ3v) is 7.40. The average Bonchev–Trinajstić information content (AvgIpc) is 3.32. The molecule has 2 aromatic heterocycles. The zero-order chi connectivity index (χ0) is 23.9. The molecule has 1 fully saturated rings. The number of fused-ring (bicyclic) bond motifs is 1. The third-order valence-electron chi connectivity index (χ3n) is 6.31. The molecule has 174 valence electrons. The first-order valence-corrected chi connectivity index (χ1v) is 12.5. The number of para-hydroxylation sites is 1. The molecule has 2 unspecified atom stereocenters. The number of thiazole rings is 1. The molecule has 8 heteroatoms. The fourth-order valence-electron chi connectivity index (χ4n) is 4.41. The van der Waals surface area contributed by atoms with Crippen molar-refractivity contribution in [2.45, 2.75) is 12.3 Å². The number of nitrogens with zero attached hydrogens (tertiary/aromatic N) is 3. The number of benzene rings is 3. The number of amides is 1. The molecule has 6 rings (SSSR count). The summed E-state index contributed by atoms with van der Waals surface area (Å²) in [4.78, 5) is 17.4. The lowest BCUT2D eigenvalue weighted by molar-refractivity contribution is -0.117. The van der Waals surface area contributed by atoms with E-state index in [1.54, 1.807) is 18.4 Å². The summed E-state index contributed by atoms with van der Waals surface area (Å²) in [6, 6.07) is 21.4. The molecule has 1 aliphatic carbocycles. The number of nitrogens with one attached hydrogen (secondary N) is 1. The second kappa shape index (κ2) is 8.83. The Labute approximate surface area is 211 Å². The van der Waals surface area contributed by atoms with Gasteiger partial charge in [0.2, 0.25) is 5.91 Å². The molecular weight excluding hydrogens is 480 g/mol. The fraction of sp³-hybridized carbons (Fsp3) is 0.148. The number of rotatable bonds is 6. The largest absolute Gasteiger partial charge is 0.495 e. The van der Waals surface area contributed by atoms with Crippen molar-refractivity contribution in [1.29, 1.82) is 0 Å². The molecule has 35 heavy (non-hydrogen) atoms. The van der Waals surface area contributed by atoms with Gasteiger partial charge in [-0.2, -0.15) is 5.10 Å². The van der Waals surface area contributed by atoms with Gasteiger partial charge in [0.25, 0.3) is 0 Å². The van der Waals surface area contributed by atoms with E-state index in [0.717, 1.165) is 44.8 Å². The number of halogens is 1. The average molecular weight is 501 g/mol. The number of carbonyl (C=O) groups is 1. The predicted octanol–water partition coefficient (Wildman–Crippen LogP) is 6.55. The Morgan fingerprint density at radius 2 is 2.00 bits per heavy atom. The molecule has 0 aliphatic heterocycles. The summed E-state index contributed by atoms with van der Waals surface area (Å²) in [5, 5.41) is 8.50. The molecule has 0 saturated heterocycles. The van der Waals surface area contributed by atoms with Gasteiger partial charge in [0.15, 0.2) is 0 Å². The van der Waals surface area contributed by atoms with Crippen LogP contribution in [0.4, 0.5) is 5.69 Å². The van der Waals surface area contributed by atoms with E-state index in [2.05, 4.69) is 10.3 Å². The normalized spacial score (nSPS) is 16.9. The van der Waals surface area contributed by atoms with Gasteiger partial charge in [-0.15, -0.1) is 11.3 Å². The van der Waals surface area contributed by atoms with Crippen molar-refractivity contribution in [2.24, 2.45) is 5.92 Å². The first-order chi connectivity index (χ1) is 17.1. The lowest BCUT2D eigenvalue weighted by atomic mass is 10.0. The Hall–Kier alpha value is -3.68. The first kappa shape index (κ1) is 21.8. The Balaban J connectivity index is 1.31. The lowest BCUT2D eigenvalue weighted by Gasteiger charge is -2.07. The van der Waals surface area contributed by atoms with Crippen LogP contribution in [0.1, 0.15) is 17.9 Å². The number of aromatic nitrogens is 3. The minimum absolute atomic E-state index is 0.0186. The summed E-state index contributed by atoms with van der Waals surface area (Å²) in [6.07, 6.45) is 2.80. The molecule has 0 spiro atoms. The highest BCUT2D eigenvalue weighted by atomic mass is 35.5. The zero-order valence-electron chi connectivity index (χ0n) is 18.8. The van der Waals surface area contributed by atoms with Crippen LogP contribution in [0.2, 0.25) is 5.02 Å². The van der Waals surface area contributed by atoms with E-state index in [1.165, 1.54) is 0 Å². The van der Waals surface area contributed by atoms with Crippen LogP contribution in [-0.4, -0.2) is 27.8 Å². The van der Waals surface area contributed by atoms with E-state index in [1.807, 2.05) is 83.1 Å². The first-order valence-electron chi connectivity index (χ1n) is 11.2. The fourth-order valence-corrected chi connectivity index (χ4v) is 5.38. The van der Waals surface area contributed by atoms with Crippen LogP contribution in [0.15, 0.2) is 78.4 Å². The van der Waals surface area contributed by atoms with Crippen LogP contribution < -0.4 is 10.1 Å². The highest BCUT2D eigenvalue weighted by molar-refractivity contribution is 7.16. The van der Waals surface area contributed by atoms with E-state index < -0.39 is 0 Å². The van der Waals surface area contributed by atoms with Crippen molar-refractivity contribution in [3.8, 4) is 22.7 Å². The Bertz CT molecular complexity index is 1550. The Morgan fingerprint density at radius 1 is 1.14 bits per heavy atom. The van der Waals surface area contributed by atoms with Crippen LogP contribution in [-0.2, 0) is 4.79 Å². The van der Waals surface area contributed by atoms with Gasteiger partial charge >= 0.3 is 0 Å². The second-order valence-electron chi connectivity index (χ2n) is 8.54. The molecule has 0 radical (unpaired) electrons. The molecule has 5 aromatic rings. The van der Waals surface area contributed by atoms with Gasteiger partial charge in [0, 0.05) is 34.8 Å². The maximum atomic E-state index is 13.1. The minimum Gasteiger partial charge on any atom is -0.495 e. The third kappa shape index (κ3) is 4.17. The second-order valence-corrected chi connectivity index (χ2v) is 9.83. The SMILES string of the molecule is COc1ccc(-c2nn(-c3ccccc3)cc2C2CC2C(=O)Nc2ccc3ncsc3c2)cc1Cl. The summed E-state index contributed by atoms with van der Waals surface area (Å²) in [7, 11) is 1.59.